The van der Waals surface area contributed by atoms with Crippen LogP contribution in [0.2, 0.25) is 0 Å². The largest absolute Gasteiger partial charge is 0.309 e. The van der Waals surface area contributed by atoms with Gasteiger partial charge >= 0.3 is 0 Å². The number of pyridine rings is 1. The Balaban J connectivity index is 1.01. The average Bonchev–Trinajstić information content (AvgIpc) is 3.87. The van der Waals surface area contributed by atoms with Gasteiger partial charge in [0.1, 0.15) is 0 Å². The molecule has 0 amide bonds. The molecule has 0 N–H and O–H groups in total. The number of rotatable bonds is 4. The zero-order valence-electron chi connectivity index (χ0n) is 29.2. The monoisotopic (exact) mass is 685 g/mol. The van der Waals surface area contributed by atoms with Crippen LogP contribution in [0.1, 0.15) is 0 Å². The Morgan fingerprint density at radius 1 is 0.315 bits per heavy atom. The standard InChI is InChI=1S/C51H31N3/c1-2-10-32(11-3-1)33-12-8-14-37(26-33)53-47-18-6-4-15-40(47)44-27-34(20-24-49(44)53)35-21-25-50-45(28-35)41-16-5-7-19-48(41)54(50)38-22-23-39-43(29-38)42-17-9-13-36-30-52-31-46(39)51(36)42/h1-31H. The fraction of sp³-hybridized carbons (Fsp3) is 0. The smallest absolute Gasteiger partial charge is 0.0541 e. The first-order chi connectivity index (χ1) is 26.8. The minimum absolute atomic E-state index is 1.16. The van der Waals surface area contributed by atoms with Gasteiger partial charge in [-0.05, 0) is 99.6 Å². The van der Waals surface area contributed by atoms with Gasteiger partial charge in [0.25, 0.3) is 0 Å². The van der Waals surface area contributed by atoms with Gasteiger partial charge in [-0.3, -0.25) is 4.98 Å². The van der Waals surface area contributed by atoms with Crippen LogP contribution in [-0.2, 0) is 0 Å². The van der Waals surface area contributed by atoms with Crippen LogP contribution >= 0.6 is 0 Å². The third kappa shape index (κ3) is 4.15. The second-order valence-corrected chi connectivity index (χ2v) is 14.4. The van der Waals surface area contributed by atoms with Gasteiger partial charge in [-0.15, -0.1) is 0 Å². The molecule has 0 saturated carbocycles. The number of para-hydroxylation sites is 2. The van der Waals surface area contributed by atoms with E-state index in [1.807, 2.05) is 12.4 Å². The van der Waals surface area contributed by atoms with Crippen molar-refractivity contribution in [2.24, 2.45) is 0 Å². The summed E-state index contributed by atoms with van der Waals surface area (Å²) in [5.74, 6) is 0. The summed E-state index contributed by atoms with van der Waals surface area (Å²) in [6, 6.07) is 64.5. The second-order valence-electron chi connectivity index (χ2n) is 14.4. The molecule has 3 heteroatoms. The van der Waals surface area contributed by atoms with E-state index in [1.54, 1.807) is 0 Å². The third-order valence-electron chi connectivity index (χ3n) is 11.5. The first kappa shape index (κ1) is 29.4. The fourth-order valence-electron chi connectivity index (χ4n) is 9.11. The van der Waals surface area contributed by atoms with Gasteiger partial charge in [-0.2, -0.15) is 0 Å². The minimum Gasteiger partial charge on any atom is -0.309 e. The van der Waals surface area contributed by atoms with Gasteiger partial charge in [-0.1, -0.05) is 115 Å². The summed E-state index contributed by atoms with van der Waals surface area (Å²) >= 11 is 0. The van der Waals surface area contributed by atoms with Crippen LogP contribution in [0, 0.1) is 0 Å². The molecule has 1 aliphatic rings. The van der Waals surface area contributed by atoms with Gasteiger partial charge in [0.15, 0.2) is 0 Å². The lowest BCUT2D eigenvalue weighted by Crippen LogP contribution is -1.95. The van der Waals surface area contributed by atoms with Crippen molar-refractivity contribution in [3.05, 3.63) is 188 Å². The highest BCUT2D eigenvalue weighted by Gasteiger charge is 2.23. The minimum atomic E-state index is 1.16. The first-order valence-electron chi connectivity index (χ1n) is 18.5. The Hall–Kier alpha value is -7.23. The molecule has 0 spiro atoms. The molecule has 3 aromatic heterocycles. The van der Waals surface area contributed by atoms with Crippen molar-refractivity contribution in [2.75, 3.05) is 0 Å². The molecule has 11 aromatic rings. The Morgan fingerprint density at radius 2 is 0.907 bits per heavy atom. The number of aromatic nitrogens is 3. The molecule has 3 nitrogen and oxygen atoms in total. The molecule has 54 heavy (non-hydrogen) atoms. The highest BCUT2D eigenvalue weighted by Crippen LogP contribution is 2.48. The Labute approximate surface area is 311 Å². The summed E-state index contributed by atoms with van der Waals surface area (Å²) in [7, 11) is 0. The van der Waals surface area contributed by atoms with E-state index in [0.717, 1.165) is 11.4 Å². The van der Waals surface area contributed by atoms with E-state index in [1.165, 1.54) is 98.9 Å². The summed E-state index contributed by atoms with van der Waals surface area (Å²) in [4.78, 5) is 4.56. The van der Waals surface area contributed by atoms with Crippen molar-refractivity contribution >= 4 is 54.4 Å². The van der Waals surface area contributed by atoms with Crippen molar-refractivity contribution in [1.29, 1.82) is 0 Å². The van der Waals surface area contributed by atoms with E-state index < -0.39 is 0 Å². The molecular weight excluding hydrogens is 655 g/mol. The maximum Gasteiger partial charge on any atom is 0.0541 e. The molecule has 0 aliphatic heterocycles. The molecule has 12 rings (SSSR count). The van der Waals surface area contributed by atoms with Crippen LogP contribution < -0.4 is 0 Å². The molecule has 3 heterocycles. The average molecular weight is 686 g/mol. The predicted octanol–water partition coefficient (Wildman–Crippen LogP) is 13.4. The van der Waals surface area contributed by atoms with Gasteiger partial charge in [0.2, 0.25) is 0 Å². The van der Waals surface area contributed by atoms with Crippen LogP contribution in [-0.4, -0.2) is 14.1 Å². The molecule has 0 radical (unpaired) electrons. The Kier molecular flexibility index (Phi) is 6.05. The number of hydrogen-bond acceptors (Lipinski definition) is 1. The molecule has 0 saturated heterocycles. The molecule has 8 aromatic carbocycles. The van der Waals surface area contributed by atoms with Gasteiger partial charge in [0.05, 0.1) is 22.1 Å². The summed E-state index contributed by atoms with van der Waals surface area (Å²) in [5.41, 5.74) is 17.0. The summed E-state index contributed by atoms with van der Waals surface area (Å²) < 4.78 is 4.83. The van der Waals surface area contributed by atoms with Crippen LogP contribution in [0.15, 0.2) is 188 Å². The SMILES string of the molecule is c1ccc(-c2cccc(-n3c4ccccc4c4cc(-c5ccc6c(c5)c5ccccc5n6-c5ccc6c(c5)-c5cccc7cncc-6c57)ccc43)c2)cc1. The molecule has 0 fully saturated rings. The zero-order valence-corrected chi connectivity index (χ0v) is 29.2. The topological polar surface area (TPSA) is 22.8 Å². The van der Waals surface area contributed by atoms with Crippen LogP contribution in [0.5, 0.6) is 0 Å². The quantitative estimate of drug-likeness (QED) is 0.181. The maximum atomic E-state index is 4.56. The van der Waals surface area contributed by atoms with Crippen molar-refractivity contribution < 1.29 is 0 Å². The molecule has 0 unspecified atom stereocenters. The van der Waals surface area contributed by atoms with E-state index in [4.69, 9.17) is 0 Å². The van der Waals surface area contributed by atoms with Gasteiger partial charge in [0, 0.05) is 61.6 Å². The van der Waals surface area contributed by atoms with Crippen LogP contribution in [0.4, 0.5) is 0 Å². The first-order valence-corrected chi connectivity index (χ1v) is 18.5. The van der Waals surface area contributed by atoms with E-state index in [2.05, 4.69) is 190 Å². The van der Waals surface area contributed by atoms with E-state index >= 15 is 0 Å². The van der Waals surface area contributed by atoms with Crippen molar-refractivity contribution in [3.63, 3.8) is 0 Å². The lowest BCUT2D eigenvalue weighted by molar-refractivity contribution is 1.18. The highest BCUT2D eigenvalue weighted by molar-refractivity contribution is 6.16. The van der Waals surface area contributed by atoms with E-state index in [9.17, 15) is 0 Å². The Bertz CT molecular complexity index is 3320. The maximum absolute atomic E-state index is 4.56. The van der Waals surface area contributed by atoms with Crippen LogP contribution in [0.3, 0.4) is 0 Å². The van der Waals surface area contributed by atoms with Gasteiger partial charge in [-0.25, -0.2) is 0 Å². The normalized spacial score (nSPS) is 12.1. The summed E-state index contributed by atoms with van der Waals surface area (Å²) in [6.07, 6.45) is 3.98. The number of fused-ring (bicyclic) bond motifs is 9. The highest BCUT2D eigenvalue weighted by atomic mass is 15.0. The zero-order chi connectivity index (χ0) is 35.3. The summed E-state index contributed by atoms with van der Waals surface area (Å²) in [5, 5.41) is 7.49. The Morgan fingerprint density at radius 3 is 1.63 bits per heavy atom. The lowest BCUT2D eigenvalue weighted by Gasteiger charge is -2.12. The van der Waals surface area contributed by atoms with Crippen molar-refractivity contribution in [3.8, 4) is 55.9 Å². The second kappa shape index (κ2) is 11.1. The summed E-state index contributed by atoms with van der Waals surface area (Å²) in [6.45, 7) is 0. The molecular formula is C51H31N3. The number of nitrogens with zero attached hydrogens (tertiary/aromatic N) is 3. The fourth-order valence-corrected chi connectivity index (χ4v) is 9.11. The molecule has 0 bridgehead atoms. The van der Waals surface area contributed by atoms with Crippen LogP contribution in [0.25, 0.3) is 110 Å². The lowest BCUT2D eigenvalue weighted by atomic mass is 10.0. The number of benzene rings is 8. The molecule has 250 valence electrons. The predicted molar refractivity (Wildman–Crippen MR) is 226 cm³/mol. The molecule has 1 aliphatic carbocycles. The van der Waals surface area contributed by atoms with Crippen molar-refractivity contribution in [1.82, 2.24) is 14.1 Å². The van der Waals surface area contributed by atoms with E-state index in [-0.39, 0.29) is 0 Å². The van der Waals surface area contributed by atoms with E-state index in [0.29, 0.717) is 0 Å². The third-order valence-corrected chi connectivity index (χ3v) is 11.5. The number of hydrogen-bond donors (Lipinski definition) is 0. The molecule has 0 atom stereocenters. The van der Waals surface area contributed by atoms with Gasteiger partial charge < -0.3 is 9.13 Å². The van der Waals surface area contributed by atoms with Crippen molar-refractivity contribution in [2.45, 2.75) is 0 Å².